The smallest absolute Gasteiger partial charge is 0.0323 e. The van der Waals surface area contributed by atoms with Gasteiger partial charge in [-0.3, -0.25) is 4.98 Å². The number of nitrogens with zero attached hydrogens (tertiary/aromatic N) is 1. The highest BCUT2D eigenvalue weighted by Crippen LogP contribution is 2.23. The van der Waals surface area contributed by atoms with E-state index in [0.717, 1.165) is 12.8 Å². The molecule has 100 valence electrons. The molecule has 1 atom stereocenters. The molecule has 1 aromatic carbocycles. The molecule has 0 spiro atoms. The topological polar surface area (TPSA) is 24.9 Å². The molecule has 0 aliphatic heterocycles. The number of hydrogen-bond acceptors (Lipinski definition) is 2. The maximum atomic E-state index is 4.06. The second kappa shape index (κ2) is 6.48. The SMILES string of the molecule is CNC(CCc1ccncc1)c1cc(C)ccc1C. The van der Waals surface area contributed by atoms with E-state index in [1.165, 1.54) is 22.3 Å². The van der Waals surface area contributed by atoms with E-state index in [1.54, 1.807) is 0 Å². The first-order chi connectivity index (χ1) is 9.20. The Morgan fingerprint density at radius 3 is 2.53 bits per heavy atom. The number of pyridine rings is 1. The zero-order valence-corrected chi connectivity index (χ0v) is 12.0. The lowest BCUT2D eigenvalue weighted by atomic mass is 9.94. The Morgan fingerprint density at radius 1 is 1.11 bits per heavy atom. The predicted molar refractivity (Wildman–Crippen MR) is 80.3 cm³/mol. The summed E-state index contributed by atoms with van der Waals surface area (Å²) in [6.07, 6.45) is 5.90. The summed E-state index contributed by atoms with van der Waals surface area (Å²) >= 11 is 0. The van der Waals surface area contributed by atoms with Crippen LogP contribution in [0.1, 0.15) is 34.7 Å². The fraction of sp³-hybridized carbons (Fsp3) is 0.353. The van der Waals surface area contributed by atoms with Crippen molar-refractivity contribution in [2.24, 2.45) is 0 Å². The molecule has 2 heteroatoms. The van der Waals surface area contributed by atoms with Crippen LogP contribution in [0.5, 0.6) is 0 Å². The fourth-order valence-corrected chi connectivity index (χ4v) is 2.45. The van der Waals surface area contributed by atoms with Crippen molar-refractivity contribution in [3.8, 4) is 0 Å². The van der Waals surface area contributed by atoms with Gasteiger partial charge in [-0.2, -0.15) is 0 Å². The Balaban J connectivity index is 2.10. The Bertz CT molecular complexity index is 520. The van der Waals surface area contributed by atoms with Gasteiger partial charge in [0.15, 0.2) is 0 Å². The monoisotopic (exact) mass is 254 g/mol. The summed E-state index contributed by atoms with van der Waals surface area (Å²) in [5.41, 5.74) is 5.45. The summed E-state index contributed by atoms with van der Waals surface area (Å²) in [6, 6.07) is 11.3. The average molecular weight is 254 g/mol. The van der Waals surface area contributed by atoms with E-state index in [-0.39, 0.29) is 0 Å². The van der Waals surface area contributed by atoms with E-state index in [0.29, 0.717) is 6.04 Å². The van der Waals surface area contributed by atoms with E-state index in [4.69, 9.17) is 0 Å². The molecule has 1 heterocycles. The standard InChI is InChI=1S/C17H22N2/c1-13-4-5-14(2)16(12-13)17(18-3)7-6-15-8-10-19-11-9-15/h4-5,8-12,17-18H,6-7H2,1-3H3. The van der Waals surface area contributed by atoms with E-state index in [1.807, 2.05) is 19.4 Å². The second-order valence-corrected chi connectivity index (χ2v) is 5.10. The minimum Gasteiger partial charge on any atom is -0.313 e. The molecular formula is C17H22N2. The van der Waals surface area contributed by atoms with Crippen molar-refractivity contribution >= 4 is 0 Å². The van der Waals surface area contributed by atoms with Gasteiger partial charge in [-0.15, -0.1) is 0 Å². The van der Waals surface area contributed by atoms with Crippen molar-refractivity contribution in [3.63, 3.8) is 0 Å². The fourth-order valence-electron chi connectivity index (χ4n) is 2.45. The summed E-state index contributed by atoms with van der Waals surface area (Å²) in [5, 5.41) is 3.44. The number of aryl methyl sites for hydroxylation is 3. The van der Waals surface area contributed by atoms with Crippen LogP contribution in [-0.4, -0.2) is 12.0 Å². The summed E-state index contributed by atoms with van der Waals surface area (Å²) in [7, 11) is 2.04. The molecule has 2 nitrogen and oxygen atoms in total. The van der Waals surface area contributed by atoms with Crippen LogP contribution in [0.25, 0.3) is 0 Å². The van der Waals surface area contributed by atoms with Gasteiger partial charge >= 0.3 is 0 Å². The van der Waals surface area contributed by atoms with Crippen LogP contribution in [-0.2, 0) is 6.42 Å². The van der Waals surface area contributed by atoms with E-state index in [2.05, 4.69) is 54.5 Å². The molecule has 0 saturated carbocycles. The maximum absolute atomic E-state index is 4.06. The Morgan fingerprint density at radius 2 is 1.84 bits per heavy atom. The lowest BCUT2D eigenvalue weighted by Crippen LogP contribution is -2.18. The molecule has 0 aliphatic carbocycles. The molecule has 1 unspecified atom stereocenters. The van der Waals surface area contributed by atoms with Gasteiger partial charge in [0, 0.05) is 18.4 Å². The number of benzene rings is 1. The van der Waals surface area contributed by atoms with Gasteiger partial charge in [0.05, 0.1) is 0 Å². The first-order valence-electron chi connectivity index (χ1n) is 6.84. The van der Waals surface area contributed by atoms with Crippen molar-refractivity contribution in [1.82, 2.24) is 10.3 Å². The molecule has 19 heavy (non-hydrogen) atoms. The summed E-state index contributed by atoms with van der Waals surface area (Å²) < 4.78 is 0. The molecule has 0 aliphatic rings. The molecule has 1 N–H and O–H groups in total. The van der Waals surface area contributed by atoms with Crippen molar-refractivity contribution in [1.29, 1.82) is 0 Å². The molecule has 1 aromatic heterocycles. The zero-order chi connectivity index (χ0) is 13.7. The summed E-state index contributed by atoms with van der Waals surface area (Å²) in [5.74, 6) is 0. The van der Waals surface area contributed by atoms with Crippen LogP contribution in [0.4, 0.5) is 0 Å². The molecular weight excluding hydrogens is 232 g/mol. The first-order valence-corrected chi connectivity index (χ1v) is 6.84. The first kappa shape index (κ1) is 13.8. The number of rotatable bonds is 5. The normalized spacial score (nSPS) is 12.4. The highest BCUT2D eigenvalue weighted by molar-refractivity contribution is 5.33. The third-order valence-electron chi connectivity index (χ3n) is 3.63. The summed E-state index contributed by atoms with van der Waals surface area (Å²) in [6.45, 7) is 4.34. The third-order valence-corrected chi connectivity index (χ3v) is 3.63. The van der Waals surface area contributed by atoms with Crippen molar-refractivity contribution in [3.05, 3.63) is 65.0 Å². The molecule has 0 amide bonds. The second-order valence-electron chi connectivity index (χ2n) is 5.10. The van der Waals surface area contributed by atoms with Crippen molar-refractivity contribution in [2.75, 3.05) is 7.05 Å². The minimum atomic E-state index is 0.410. The molecule has 0 fully saturated rings. The van der Waals surface area contributed by atoms with Crippen LogP contribution in [0.15, 0.2) is 42.7 Å². The Labute approximate surface area is 115 Å². The van der Waals surface area contributed by atoms with E-state index < -0.39 is 0 Å². The Hall–Kier alpha value is -1.67. The third kappa shape index (κ3) is 3.65. The van der Waals surface area contributed by atoms with Gasteiger partial charge in [-0.1, -0.05) is 23.8 Å². The molecule has 2 aromatic rings. The van der Waals surface area contributed by atoms with Gasteiger partial charge in [0.1, 0.15) is 0 Å². The van der Waals surface area contributed by atoms with Crippen LogP contribution in [0.2, 0.25) is 0 Å². The highest BCUT2D eigenvalue weighted by Gasteiger charge is 2.11. The lowest BCUT2D eigenvalue weighted by Gasteiger charge is -2.19. The average Bonchev–Trinajstić information content (AvgIpc) is 2.44. The van der Waals surface area contributed by atoms with Crippen LogP contribution in [0, 0.1) is 13.8 Å². The van der Waals surface area contributed by atoms with Crippen molar-refractivity contribution in [2.45, 2.75) is 32.7 Å². The van der Waals surface area contributed by atoms with E-state index in [9.17, 15) is 0 Å². The highest BCUT2D eigenvalue weighted by atomic mass is 14.9. The Kier molecular flexibility index (Phi) is 4.69. The number of hydrogen-bond donors (Lipinski definition) is 1. The zero-order valence-electron chi connectivity index (χ0n) is 12.0. The number of nitrogens with one attached hydrogen (secondary N) is 1. The largest absolute Gasteiger partial charge is 0.313 e. The minimum absolute atomic E-state index is 0.410. The lowest BCUT2D eigenvalue weighted by molar-refractivity contribution is 0.546. The van der Waals surface area contributed by atoms with Gasteiger partial charge in [-0.25, -0.2) is 0 Å². The number of aromatic nitrogens is 1. The van der Waals surface area contributed by atoms with Crippen LogP contribution >= 0.6 is 0 Å². The molecule has 0 bridgehead atoms. The summed E-state index contributed by atoms with van der Waals surface area (Å²) in [4.78, 5) is 4.06. The van der Waals surface area contributed by atoms with Gasteiger partial charge in [0.2, 0.25) is 0 Å². The quantitative estimate of drug-likeness (QED) is 0.882. The van der Waals surface area contributed by atoms with Gasteiger partial charge in [0.25, 0.3) is 0 Å². The van der Waals surface area contributed by atoms with Gasteiger partial charge < -0.3 is 5.32 Å². The molecule has 0 radical (unpaired) electrons. The molecule has 2 rings (SSSR count). The molecule has 0 saturated heterocycles. The van der Waals surface area contributed by atoms with Crippen LogP contribution < -0.4 is 5.32 Å². The van der Waals surface area contributed by atoms with Crippen molar-refractivity contribution < 1.29 is 0 Å². The predicted octanol–water partition coefficient (Wildman–Crippen LogP) is 3.59. The van der Waals surface area contributed by atoms with Gasteiger partial charge in [-0.05, 0) is 62.6 Å². The van der Waals surface area contributed by atoms with E-state index >= 15 is 0 Å². The maximum Gasteiger partial charge on any atom is 0.0323 e. The van der Waals surface area contributed by atoms with Crippen LogP contribution in [0.3, 0.4) is 0 Å².